The van der Waals surface area contributed by atoms with E-state index in [1.807, 2.05) is 31.5 Å². The Labute approximate surface area is 222 Å². The van der Waals surface area contributed by atoms with Crippen LogP contribution < -0.4 is 37.4 Å². The number of anilines is 3. The molecular weight excluding hydrogens is 524 g/mol. The molecule has 2 heterocycles. The van der Waals surface area contributed by atoms with Crippen LogP contribution in [0.15, 0.2) is 59.5 Å². The largest absolute Gasteiger partial charge is 0.399 e. The van der Waals surface area contributed by atoms with E-state index >= 15 is 0 Å². The summed E-state index contributed by atoms with van der Waals surface area (Å²) in [6.45, 7) is 5.24. The molecule has 0 bridgehead atoms. The predicted octanol–water partition coefficient (Wildman–Crippen LogP) is 3.55. The maximum Gasteiger partial charge on any atom is 0.352 e. The average Bonchev–Trinajstić information content (AvgIpc) is 2.91. The van der Waals surface area contributed by atoms with Gasteiger partial charge in [-0.15, -0.1) is 0 Å². The number of aromatic nitrogens is 2. The number of urea groups is 1. The van der Waals surface area contributed by atoms with E-state index in [2.05, 4.69) is 20.5 Å². The number of rotatable bonds is 7. The number of amides is 2. The number of benzene rings is 2. The third-order valence-electron chi connectivity index (χ3n) is 5.70. The molecule has 196 valence electrons. The van der Waals surface area contributed by atoms with Crippen molar-refractivity contribution in [1.82, 2.24) is 9.55 Å². The molecule has 2 aromatic heterocycles. The average molecular weight is 551 g/mol. The normalized spacial score (nSPS) is 11.4. The summed E-state index contributed by atoms with van der Waals surface area (Å²) in [5, 5.41) is 8.21. The van der Waals surface area contributed by atoms with E-state index in [1.165, 1.54) is 11.5 Å². The van der Waals surface area contributed by atoms with Crippen molar-refractivity contribution < 1.29 is 19.4 Å². The van der Waals surface area contributed by atoms with Gasteiger partial charge in [0.05, 0.1) is 5.69 Å². The van der Waals surface area contributed by atoms with Crippen LogP contribution >= 0.6 is 17.2 Å². The Morgan fingerprint density at radius 1 is 1.00 bits per heavy atom. The Morgan fingerprint density at radius 2 is 1.68 bits per heavy atom. The van der Waals surface area contributed by atoms with Gasteiger partial charge in [0.25, 0.3) is 5.56 Å². The fraction of sp³-hybridized carbons (Fsp3) is 0.154. The first-order valence-corrected chi connectivity index (χ1v) is 14.5. The molecule has 2 atom stereocenters. The van der Waals surface area contributed by atoms with Gasteiger partial charge in [-0.2, -0.15) is 0 Å². The van der Waals surface area contributed by atoms with Gasteiger partial charge in [0.1, 0.15) is 11.3 Å². The van der Waals surface area contributed by atoms with E-state index in [-0.39, 0.29) is 11.4 Å². The standard InChI is InChI=1S/C26H27N5O5P2/c1-14(32)35-36-17-8-5-7-15(11-17)21-18-9-6-10-28-24(18)31(2)25(33)23(21)30-26(34)29-22-19(37-3)12-16(27)13-20(22)38-4/h5-13,37-38H,27H2,1-4H3,(H2,29,30,34). The highest BCUT2D eigenvalue weighted by Gasteiger charge is 2.21. The Kier molecular flexibility index (Phi) is 8.25. The zero-order valence-corrected chi connectivity index (χ0v) is 23.2. The fourth-order valence-electron chi connectivity index (χ4n) is 4.04. The van der Waals surface area contributed by atoms with Crippen molar-refractivity contribution in [2.24, 2.45) is 7.05 Å². The molecule has 4 rings (SSSR count). The third kappa shape index (κ3) is 5.62. The highest BCUT2D eigenvalue weighted by molar-refractivity contribution is 7.49. The summed E-state index contributed by atoms with van der Waals surface area (Å²) in [5.41, 5.74) is 8.44. The van der Waals surface area contributed by atoms with Crippen molar-refractivity contribution in [3.63, 3.8) is 0 Å². The number of nitrogens with zero attached hydrogens (tertiary/aromatic N) is 2. The SMILES string of the molecule is CPc1cc(N)cc(PC)c1NC(=O)Nc1c(-c2cccc(OOC(C)=O)c2)c2cccnc2n(C)c1=O. The summed E-state index contributed by atoms with van der Waals surface area (Å²) < 4.78 is 1.38. The van der Waals surface area contributed by atoms with E-state index in [0.717, 1.165) is 10.6 Å². The molecule has 10 nitrogen and oxygen atoms in total. The Bertz CT molecular complexity index is 1580. The van der Waals surface area contributed by atoms with Gasteiger partial charge in [0.2, 0.25) is 0 Å². The van der Waals surface area contributed by atoms with Crippen LogP contribution in [0.5, 0.6) is 5.75 Å². The summed E-state index contributed by atoms with van der Waals surface area (Å²) in [6.07, 6.45) is 1.59. The lowest BCUT2D eigenvalue weighted by atomic mass is 10.0. The minimum absolute atomic E-state index is 0.0616. The lowest BCUT2D eigenvalue weighted by molar-refractivity contribution is -0.210. The lowest BCUT2D eigenvalue weighted by Crippen LogP contribution is -2.31. The molecule has 2 unspecified atom stereocenters. The molecule has 0 spiro atoms. The van der Waals surface area contributed by atoms with Crippen LogP contribution in [0.25, 0.3) is 22.2 Å². The zero-order chi connectivity index (χ0) is 27.4. The summed E-state index contributed by atoms with van der Waals surface area (Å²) >= 11 is 0. The predicted molar refractivity (Wildman–Crippen MR) is 156 cm³/mol. The monoisotopic (exact) mass is 551 g/mol. The fourth-order valence-corrected chi connectivity index (χ4v) is 5.68. The summed E-state index contributed by atoms with van der Waals surface area (Å²) in [6, 6.07) is 13.4. The van der Waals surface area contributed by atoms with Gasteiger partial charge in [-0.3, -0.25) is 19.1 Å². The molecule has 0 aliphatic carbocycles. The maximum atomic E-state index is 13.5. The van der Waals surface area contributed by atoms with Crippen molar-refractivity contribution in [3.05, 3.63) is 65.1 Å². The van der Waals surface area contributed by atoms with E-state index < -0.39 is 17.6 Å². The molecule has 0 saturated carbocycles. The molecule has 2 amide bonds. The highest BCUT2D eigenvalue weighted by atomic mass is 31.1. The number of nitrogens with two attached hydrogens (primary N) is 1. The van der Waals surface area contributed by atoms with Gasteiger partial charge in [-0.05, 0) is 65.9 Å². The first-order chi connectivity index (χ1) is 18.2. The maximum absolute atomic E-state index is 13.5. The highest BCUT2D eigenvalue weighted by Crippen LogP contribution is 2.34. The quantitative estimate of drug-likeness (QED) is 0.138. The van der Waals surface area contributed by atoms with Crippen LogP contribution in [0.1, 0.15) is 6.92 Å². The summed E-state index contributed by atoms with van der Waals surface area (Å²) in [5.74, 6) is -0.366. The van der Waals surface area contributed by atoms with Gasteiger partial charge >= 0.3 is 12.0 Å². The second-order valence-electron chi connectivity index (χ2n) is 8.24. The van der Waals surface area contributed by atoms with Gasteiger partial charge in [0.15, 0.2) is 5.75 Å². The molecule has 38 heavy (non-hydrogen) atoms. The van der Waals surface area contributed by atoms with E-state index in [1.54, 1.807) is 43.6 Å². The molecule has 0 saturated heterocycles. The molecule has 4 N–H and O–H groups in total. The number of nitrogen functional groups attached to an aromatic ring is 1. The second kappa shape index (κ2) is 11.6. The van der Waals surface area contributed by atoms with E-state index in [0.29, 0.717) is 50.7 Å². The molecule has 4 aromatic rings. The Balaban J connectivity index is 1.83. The second-order valence-corrected chi connectivity index (χ2v) is 10.3. The Hall–Kier alpha value is -4.00. The number of fused-ring (bicyclic) bond motifs is 1. The number of aryl methyl sites for hydroxylation is 1. The van der Waals surface area contributed by atoms with Crippen molar-refractivity contribution in [1.29, 1.82) is 0 Å². The lowest BCUT2D eigenvalue weighted by Gasteiger charge is -2.19. The van der Waals surface area contributed by atoms with Crippen molar-refractivity contribution in [3.8, 4) is 16.9 Å². The summed E-state index contributed by atoms with van der Waals surface area (Å²) in [7, 11) is 2.40. The van der Waals surface area contributed by atoms with Gasteiger partial charge in [-0.25, -0.2) is 14.6 Å². The Morgan fingerprint density at radius 3 is 2.34 bits per heavy atom. The number of hydrogen-bond donors (Lipinski definition) is 3. The van der Waals surface area contributed by atoms with Crippen LogP contribution in [0.3, 0.4) is 0 Å². The van der Waals surface area contributed by atoms with Crippen LogP contribution in [0.2, 0.25) is 0 Å². The minimum atomic E-state index is -0.612. The minimum Gasteiger partial charge on any atom is -0.399 e. The smallest absolute Gasteiger partial charge is 0.352 e. The van der Waals surface area contributed by atoms with Crippen LogP contribution in [-0.4, -0.2) is 34.9 Å². The number of pyridine rings is 2. The molecular formula is C26H27N5O5P2. The van der Waals surface area contributed by atoms with Crippen LogP contribution in [0.4, 0.5) is 21.9 Å². The topological polar surface area (TPSA) is 138 Å². The van der Waals surface area contributed by atoms with Gasteiger partial charge in [-0.1, -0.05) is 29.3 Å². The third-order valence-corrected chi connectivity index (χ3v) is 7.56. The van der Waals surface area contributed by atoms with Crippen LogP contribution in [-0.2, 0) is 16.7 Å². The van der Waals surface area contributed by atoms with Crippen LogP contribution in [0, 0.1) is 0 Å². The van der Waals surface area contributed by atoms with Crippen molar-refractivity contribution in [2.75, 3.05) is 29.7 Å². The van der Waals surface area contributed by atoms with Crippen molar-refractivity contribution >= 4 is 67.9 Å². The molecule has 0 radical (unpaired) electrons. The zero-order valence-electron chi connectivity index (χ0n) is 21.2. The number of hydrogen-bond acceptors (Lipinski definition) is 7. The first kappa shape index (κ1) is 27.0. The molecule has 2 aromatic carbocycles. The van der Waals surface area contributed by atoms with E-state index in [4.69, 9.17) is 10.6 Å². The van der Waals surface area contributed by atoms with Gasteiger partial charge in [0, 0.05) is 36.8 Å². The molecule has 0 aliphatic heterocycles. The molecule has 0 aliphatic rings. The van der Waals surface area contributed by atoms with Crippen molar-refractivity contribution in [2.45, 2.75) is 6.92 Å². The summed E-state index contributed by atoms with van der Waals surface area (Å²) in [4.78, 5) is 52.2. The number of carbonyl (C=O) groups excluding carboxylic acids is 2. The molecule has 12 heteroatoms. The van der Waals surface area contributed by atoms with E-state index in [9.17, 15) is 14.4 Å². The number of nitrogens with one attached hydrogen (secondary N) is 2. The number of carbonyl (C=O) groups is 2. The first-order valence-electron chi connectivity index (χ1n) is 11.5. The molecule has 0 fully saturated rings. The van der Waals surface area contributed by atoms with Gasteiger partial charge < -0.3 is 16.4 Å².